The molecule has 0 unspecified atom stereocenters. The highest BCUT2D eigenvalue weighted by Crippen LogP contribution is 1.90. The van der Waals surface area contributed by atoms with Crippen LogP contribution in [0.4, 0.5) is 0 Å². The van der Waals surface area contributed by atoms with Gasteiger partial charge in [0.15, 0.2) is 5.11 Å². The molecule has 0 spiro atoms. The summed E-state index contributed by atoms with van der Waals surface area (Å²) in [6.45, 7) is 6.04. The number of hydrogen-bond acceptors (Lipinski definition) is 2. The van der Waals surface area contributed by atoms with E-state index in [1.807, 2.05) is 6.20 Å². The van der Waals surface area contributed by atoms with Crippen molar-refractivity contribution < 1.29 is 0 Å². The average Bonchev–Trinajstić information content (AvgIpc) is 2.67. The van der Waals surface area contributed by atoms with Gasteiger partial charge in [0.25, 0.3) is 0 Å². The van der Waals surface area contributed by atoms with Crippen molar-refractivity contribution >= 4 is 17.3 Å². The van der Waals surface area contributed by atoms with Crippen molar-refractivity contribution in [3.8, 4) is 0 Å². The maximum atomic E-state index is 5.12. The lowest BCUT2D eigenvalue weighted by atomic mass is 10.2. The second-order valence-corrected chi connectivity index (χ2v) is 4.27. The van der Waals surface area contributed by atoms with Crippen LogP contribution in [0.25, 0.3) is 0 Å². The molecule has 0 saturated carbocycles. The van der Waals surface area contributed by atoms with Gasteiger partial charge in [0.05, 0.1) is 6.33 Å². The molecule has 1 aromatic rings. The topological polar surface area (TPSA) is 52.7 Å². The van der Waals surface area contributed by atoms with Crippen LogP contribution in [0.1, 0.15) is 19.5 Å². The second-order valence-electron chi connectivity index (χ2n) is 3.86. The Morgan fingerprint density at radius 3 is 2.93 bits per heavy atom. The Labute approximate surface area is 95.9 Å². The Morgan fingerprint density at radius 2 is 2.33 bits per heavy atom. The smallest absolute Gasteiger partial charge is 0.166 e. The molecule has 84 valence electrons. The van der Waals surface area contributed by atoms with E-state index in [-0.39, 0.29) is 0 Å². The van der Waals surface area contributed by atoms with Gasteiger partial charge in [-0.25, -0.2) is 4.98 Å². The van der Waals surface area contributed by atoms with Gasteiger partial charge in [-0.15, -0.1) is 0 Å². The van der Waals surface area contributed by atoms with Crippen LogP contribution in [0.2, 0.25) is 0 Å². The zero-order valence-electron chi connectivity index (χ0n) is 9.21. The first-order chi connectivity index (χ1) is 7.18. The molecule has 0 aliphatic rings. The minimum absolute atomic E-state index is 0.609. The number of nitrogens with one attached hydrogen (secondary N) is 3. The summed E-state index contributed by atoms with van der Waals surface area (Å²) in [4.78, 5) is 6.99. The van der Waals surface area contributed by atoms with Gasteiger partial charge in [-0.1, -0.05) is 13.8 Å². The normalized spacial score (nSPS) is 10.3. The van der Waals surface area contributed by atoms with Crippen molar-refractivity contribution in [3.63, 3.8) is 0 Å². The number of rotatable bonds is 5. The van der Waals surface area contributed by atoms with Gasteiger partial charge in [-0.05, 0) is 18.1 Å². The molecule has 0 bridgehead atoms. The zero-order valence-corrected chi connectivity index (χ0v) is 10.0. The van der Waals surface area contributed by atoms with E-state index in [0.717, 1.165) is 30.3 Å². The van der Waals surface area contributed by atoms with E-state index in [9.17, 15) is 0 Å². The van der Waals surface area contributed by atoms with Gasteiger partial charge in [0.2, 0.25) is 0 Å². The highest BCUT2D eigenvalue weighted by atomic mass is 32.1. The fourth-order valence-electron chi connectivity index (χ4n) is 1.09. The first-order valence-corrected chi connectivity index (χ1v) is 5.58. The van der Waals surface area contributed by atoms with Gasteiger partial charge in [-0.2, -0.15) is 0 Å². The molecule has 3 N–H and O–H groups in total. The lowest BCUT2D eigenvalue weighted by Gasteiger charge is -2.11. The molecule has 1 rings (SSSR count). The van der Waals surface area contributed by atoms with E-state index >= 15 is 0 Å². The highest BCUT2D eigenvalue weighted by molar-refractivity contribution is 7.80. The number of thiocarbonyl (C=S) groups is 1. The summed E-state index contributed by atoms with van der Waals surface area (Å²) < 4.78 is 0. The maximum Gasteiger partial charge on any atom is 0.166 e. The Balaban J connectivity index is 2.07. The monoisotopic (exact) mass is 226 g/mol. The fraction of sp³-hybridized carbons (Fsp3) is 0.600. The molecule has 15 heavy (non-hydrogen) atoms. The van der Waals surface area contributed by atoms with E-state index in [4.69, 9.17) is 12.2 Å². The van der Waals surface area contributed by atoms with Crippen LogP contribution in [0.15, 0.2) is 12.5 Å². The lowest BCUT2D eigenvalue weighted by molar-refractivity contribution is 0.619. The van der Waals surface area contributed by atoms with Gasteiger partial charge in [0, 0.05) is 31.4 Å². The van der Waals surface area contributed by atoms with Crippen LogP contribution in [-0.4, -0.2) is 28.2 Å². The van der Waals surface area contributed by atoms with Gasteiger partial charge < -0.3 is 15.6 Å². The van der Waals surface area contributed by atoms with Crippen molar-refractivity contribution in [2.75, 3.05) is 13.1 Å². The van der Waals surface area contributed by atoms with Crippen LogP contribution < -0.4 is 10.6 Å². The maximum absolute atomic E-state index is 5.12. The molecular weight excluding hydrogens is 208 g/mol. The van der Waals surface area contributed by atoms with Crippen molar-refractivity contribution in [2.24, 2.45) is 5.92 Å². The average molecular weight is 226 g/mol. The zero-order chi connectivity index (χ0) is 11.1. The minimum atomic E-state index is 0.609. The summed E-state index contributed by atoms with van der Waals surface area (Å²) in [6.07, 6.45) is 4.42. The Hall–Kier alpha value is -1.10. The summed E-state index contributed by atoms with van der Waals surface area (Å²) in [6, 6.07) is 0. The van der Waals surface area contributed by atoms with Crippen LogP contribution in [0, 0.1) is 5.92 Å². The molecule has 1 heterocycles. The molecule has 0 saturated heterocycles. The summed E-state index contributed by atoms with van der Waals surface area (Å²) in [7, 11) is 0. The molecule has 1 aromatic heterocycles. The van der Waals surface area contributed by atoms with E-state index in [0.29, 0.717) is 5.92 Å². The van der Waals surface area contributed by atoms with Crippen molar-refractivity contribution in [3.05, 3.63) is 18.2 Å². The molecule has 0 aromatic carbocycles. The molecule has 4 nitrogen and oxygen atoms in total. The van der Waals surface area contributed by atoms with Crippen LogP contribution in [-0.2, 0) is 6.42 Å². The number of hydrogen-bond donors (Lipinski definition) is 3. The van der Waals surface area contributed by atoms with Gasteiger partial charge in [0.1, 0.15) is 0 Å². The van der Waals surface area contributed by atoms with Crippen molar-refractivity contribution in [2.45, 2.75) is 20.3 Å². The minimum Gasteiger partial charge on any atom is -0.362 e. The number of aromatic amines is 1. The Kier molecular flexibility index (Phi) is 5.10. The largest absolute Gasteiger partial charge is 0.362 e. The van der Waals surface area contributed by atoms with Crippen molar-refractivity contribution in [1.82, 2.24) is 20.6 Å². The summed E-state index contributed by atoms with van der Waals surface area (Å²) in [5.74, 6) is 0.609. The lowest BCUT2D eigenvalue weighted by Crippen LogP contribution is -2.38. The third kappa shape index (κ3) is 5.37. The summed E-state index contributed by atoms with van der Waals surface area (Å²) in [5, 5.41) is 7.03. The van der Waals surface area contributed by atoms with E-state index in [1.54, 1.807) is 6.33 Å². The molecule has 0 fully saturated rings. The number of imidazole rings is 1. The van der Waals surface area contributed by atoms with Gasteiger partial charge >= 0.3 is 0 Å². The van der Waals surface area contributed by atoms with Crippen LogP contribution >= 0.6 is 12.2 Å². The van der Waals surface area contributed by atoms with Crippen LogP contribution in [0.3, 0.4) is 0 Å². The first-order valence-electron chi connectivity index (χ1n) is 5.17. The molecule has 5 heteroatoms. The third-order valence-corrected chi connectivity index (χ3v) is 2.19. The van der Waals surface area contributed by atoms with E-state index < -0.39 is 0 Å². The number of nitrogens with zero attached hydrogens (tertiary/aromatic N) is 1. The molecule has 0 amide bonds. The fourth-order valence-corrected chi connectivity index (χ4v) is 1.28. The molecule has 0 atom stereocenters. The Morgan fingerprint density at radius 1 is 1.53 bits per heavy atom. The quantitative estimate of drug-likeness (QED) is 0.658. The standard InChI is InChI=1S/C10H18N4S/c1-8(2)5-13-10(15)12-4-3-9-6-11-7-14-9/h6-8H,3-5H2,1-2H3,(H,11,14)(H2,12,13,15). The second kappa shape index (κ2) is 6.40. The van der Waals surface area contributed by atoms with Gasteiger partial charge in [-0.3, -0.25) is 0 Å². The molecule has 0 aliphatic heterocycles. The SMILES string of the molecule is CC(C)CNC(=S)NCCc1cnc[nH]1. The van der Waals surface area contributed by atoms with E-state index in [1.165, 1.54) is 0 Å². The number of aromatic nitrogens is 2. The predicted octanol–water partition coefficient (Wildman–Crippen LogP) is 1.07. The Bertz CT molecular complexity index is 282. The third-order valence-electron chi connectivity index (χ3n) is 1.91. The molecule has 0 radical (unpaired) electrons. The highest BCUT2D eigenvalue weighted by Gasteiger charge is 1.98. The van der Waals surface area contributed by atoms with Crippen molar-refractivity contribution in [1.29, 1.82) is 0 Å². The summed E-state index contributed by atoms with van der Waals surface area (Å²) in [5.41, 5.74) is 1.12. The summed E-state index contributed by atoms with van der Waals surface area (Å²) >= 11 is 5.12. The van der Waals surface area contributed by atoms with Crippen LogP contribution in [0.5, 0.6) is 0 Å². The molecular formula is C10H18N4S. The molecule has 0 aliphatic carbocycles. The predicted molar refractivity (Wildman–Crippen MR) is 65.7 cm³/mol. The van der Waals surface area contributed by atoms with E-state index in [2.05, 4.69) is 34.4 Å². The first kappa shape index (κ1) is 12.0. The number of H-pyrrole nitrogens is 1.